The van der Waals surface area contributed by atoms with Crippen molar-refractivity contribution in [2.75, 3.05) is 19.6 Å². The van der Waals surface area contributed by atoms with Gasteiger partial charge in [-0.15, -0.1) is 11.3 Å². The lowest BCUT2D eigenvalue weighted by Gasteiger charge is -2.33. The van der Waals surface area contributed by atoms with Crippen molar-refractivity contribution in [2.24, 2.45) is 0 Å². The normalized spacial score (nSPS) is 18.9. The van der Waals surface area contributed by atoms with Crippen LogP contribution in [0.5, 0.6) is 0 Å². The summed E-state index contributed by atoms with van der Waals surface area (Å²) in [6.45, 7) is 4.30. The molecule has 0 unspecified atom stereocenters. The Balaban J connectivity index is 1.93. The molecule has 1 aliphatic heterocycles. The first kappa shape index (κ1) is 14.0. The summed E-state index contributed by atoms with van der Waals surface area (Å²) in [5.74, 6) is 0.00727. The SMILES string of the molecule is C[C@H]1CNCCN1C(=O)c1cc2cc([N+](=O)[O-])ccc2s1. The molecular formula is C14H15N3O3S. The maximum absolute atomic E-state index is 12.6. The van der Waals surface area contributed by atoms with Gasteiger partial charge in [0.15, 0.2) is 0 Å². The summed E-state index contributed by atoms with van der Waals surface area (Å²) in [4.78, 5) is 25.5. The molecule has 0 bridgehead atoms. The number of carbonyl (C=O) groups is 1. The molecule has 0 radical (unpaired) electrons. The van der Waals surface area contributed by atoms with Crippen molar-refractivity contribution in [1.82, 2.24) is 10.2 Å². The van der Waals surface area contributed by atoms with E-state index in [4.69, 9.17) is 0 Å². The average Bonchev–Trinajstić information content (AvgIpc) is 2.89. The quantitative estimate of drug-likeness (QED) is 0.682. The van der Waals surface area contributed by atoms with Gasteiger partial charge in [0.2, 0.25) is 0 Å². The summed E-state index contributed by atoms with van der Waals surface area (Å²) >= 11 is 1.39. The third kappa shape index (κ3) is 2.62. The van der Waals surface area contributed by atoms with E-state index in [1.165, 1.54) is 23.5 Å². The van der Waals surface area contributed by atoms with Crippen molar-refractivity contribution in [2.45, 2.75) is 13.0 Å². The predicted molar refractivity (Wildman–Crippen MR) is 81.8 cm³/mol. The number of thiophene rings is 1. The molecule has 0 saturated carbocycles. The minimum absolute atomic E-state index is 0.00727. The van der Waals surface area contributed by atoms with Crippen molar-refractivity contribution >= 4 is 33.0 Å². The molecule has 110 valence electrons. The topological polar surface area (TPSA) is 75.5 Å². The number of carbonyl (C=O) groups excluding carboxylic acids is 1. The summed E-state index contributed by atoms with van der Waals surface area (Å²) < 4.78 is 0.895. The van der Waals surface area contributed by atoms with Gasteiger partial charge in [0.25, 0.3) is 11.6 Å². The fraction of sp³-hybridized carbons (Fsp3) is 0.357. The number of benzene rings is 1. The van der Waals surface area contributed by atoms with Crippen LogP contribution >= 0.6 is 11.3 Å². The van der Waals surface area contributed by atoms with Gasteiger partial charge in [-0.3, -0.25) is 14.9 Å². The van der Waals surface area contributed by atoms with Gasteiger partial charge in [-0.05, 0) is 19.1 Å². The average molecular weight is 305 g/mol. The van der Waals surface area contributed by atoms with Gasteiger partial charge >= 0.3 is 0 Å². The molecule has 3 rings (SSSR count). The number of hydrogen-bond acceptors (Lipinski definition) is 5. The van der Waals surface area contributed by atoms with Gasteiger partial charge < -0.3 is 10.2 Å². The number of non-ortho nitro benzene ring substituents is 1. The van der Waals surface area contributed by atoms with E-state index >= 15 is 0 Å². The van der Waals surface area contributed by atoms with Crippen LogP contribution in [0.15, 0.2) is 24.3 Å². The number of rotatable bonds is 2. The molecule has 1 amide bonds. The van der Waals surface area contributed by atoms with Crippen LogP contribution in [0.1, 0.15) is 16.6 Å². The molecule has 0 aliphatic carbocycles. The molecule has 2 aromatic rings. The van der Waals surface area contributed by atoms with Crippen molar-refractivity contribution in [3.05, 3.63) is 39.3 Å². The first-order valence-corrected chi connectivity index (χ1v) is 7.57. The third-order valence-corrected chi connectivity index (χ3v) is 4.79. The van der Waals surface area contributed by atoms with E-state index in [0.717, 1.165) is 23.2 Å². The molecule has 21 heavy (non-hydrogen) atoms. The molecule has 7 heteroatoms. The van der Waals surface area contributed by atoms with Crippen LogP contribution in [0.2, 0.25) is 0 Å². The smallest absolute Gasteiger partial charge is 0.270 e. The summed E-state index contributed by atoms with van der Waals surface area (Å²) in [6.07, 6.45) is 0. The van der Waals surface area contributed by atoms with Gasteiger partial charge in [0.05, 0.1) is 9.80 Å². The first-order valence-electron chi connectivity index (χ1n) is 6.76. The summed E-state index contributed by atoms with van der Waals surface area (Å²) in [5, 5.41) is 14.8. The van der Waals surface area contributed by atoms with E-state index in [1.54, 1.807) is 12.1 Å². The van der Waals surface area contributed by atoms with Gasteiger partial charge in [-0.1, -0.05) is 0 Å². The maximum Gasteiger partial charge on any atom is 0.270 e. The largest absolute Gasteiger partial charge is 0.333 e. The zero-order chi connectivity index (χ0) is 15.0. The Morgan fingerprint density at radius 3 is 3.00 bits per heavy atom. The van der Waals surface area contributed by atoms with E-state index in [2.05, 4.69) is 5.32 Å². The van der Waals surface area contributed by atoms with Crippen molar-refractivity contribution < 1.29 is 9.72 Å². The first-order chi connectivity index (χ1) is 10.1. The lowest BCUT2D eigenvalue weighted by atomic mass is 10.2. The van der Waals surface area contributed by atoms with Crippen molar-refractivity contribution in [3.8, 4) is 0 Å². The number of nitro groups is 1. The highest BCUT2D eigenvalue weighted by Crippen LogP contribution is 2.30. The highest BCUT2D eigenvalue weighted by atomic mass is 32.1. The molecule has 1 N–H and O–H groups in total. The molecule has 1 aliphatic rings. The van der Waals surface area contributed by atoms with Gasteiger partial charge in [0.1, 0.15) is 0 Å². The van der Waals surface area contributed by atoms with Crippen LogP contribution < -0.4 is 5.32 Å². The van der Waals surface area contributed by atoms with E-state index < -0.39 is 4.92 Å². The summed E-state index contributed by atoms with van der Waals surface area (Å²) in [6, 6.07) is 6.61. The number of hydrogen-bond donors (Lipinski definition) is 1. The second-order valence-corrected chi connectivity index (χ2v) is 6.23. The minimum atomic E-state index is -0.420. The zero-order valence-corrected chi connectivity index (χ0v) is 12.4. The van der Waals surface area contributed by atoms with Crippen molar-refractivity contribution in [1.29, 1.82) is 0 Å². The Hall–Kier alpha value is -1.99. The van der Waals surface area contributed by atoms with E-state index in [1.807, 2.05) is 11.8 Å². The van der Waals surface area contributed by atoms with Gasteiger partial charge in [-0.25, -0.2) is 0 Å². The predicted octanol–water partition coefficient (Wildman–Crippen LogP) is 2.24. The second-order valence-electron chi connectivity index (χ2n) is 5.14. The lowest BCUT2D eigenvalue weighted by Crippen LogP contribution is -2.52. The van der Waals surface area contributed by atoms with Crippen molar-refractivity contribution in [3.63, 3.8) is 0 Å². The number of piperazine rings is 1. The molecule has 1 saturated heterocycles. The molecule has 1 aromatic carbocycles. The van der Waals surface area contributed by atoms with E-state index in [0.29, 0.717) is 11.4 Å². The van der Waals surface area contributed by atoms with Crippen LogP contribution in [0.25, 0.3) is 10.1 Å². The fourth-order valence-corrected chi connectivity index (χ4v) is 3.53. The summed E-state index contributed by atoms with van der Waals surface area (Å²) in [7, 11) is 0. The molecule has 1 atom stereocenters. The van der Waals surface area contributed by atoms with E-state index in [-0.39, 0.29) is 17.6 Å². The second kappa shape index (κ2) is 5.42. The Bertz CT molecular complexity index is 713. The van der Waals surface area contributed by atoms with Crippen LogP contribution in [-0.2, 0) is 0 Å². The highest BCUT2D eigenvalue weighted by Gasteiger charge is 2.25. The third-order valence-electron chi connectivity index (χ3n) is 3.68. The number of nitro benzene ring substituents is 1. The Morgan fingerprint density at radius 2 is 2.29 bits per heavy atom. The highest BCUT2D eigenvalue weighted by molar-refractivity contribution is 7.20. The Morgan fingerprint density at radius 1 is 1.48 bits per heavy atom. The van der Waals surface area contributed by atoms with Gasteiger partial charge in [0, 0.05) is 47.9 Å². The molecule has 6 nitrogen and oxygen atoms in total. The molecule has 2 heterocycles. The van der Waals surface area contributed by atoms with Crippen LogP contribution in [-0.4, -0.2) is 41.4 Å². The van der Waals surface area contributed by atoms with Crippen LogP contribution in [0.4, 0.5) is 5.69 Å². The minimum Gasteiger partial charge on any atom is -0.333 e. The molecule has 1 aromatic heterocycles. The van der Waals surface area contributed by atoms with E-state index in [9.17, 15) is 14.9 Å². The lowest BCUT2D eigenvalue weighted by molar-refractivity contribution is -0.384. The van der Waals surface area contributed by atoms with Crippen LogP contribution in [0.3, 0.4) is 0 Å². The summed E-state index contributed by atoms with van der Waals surface area (Å²) in [5.41, 5.74) is 0.0508. The Labute approximate surface area is 125 Å². The molecule has 1 fully saturated rings. The number of amides is 1. The number of fused-ring (bicyclic) bond motifs is 1. The molecule has 0 spiro atoms. The standard InChI is InChI=1S/C14H15N3O3S/c1-9-8-15-4-5-16(9)14(18)13-7-10-6-11(17(19)20)2-3-12(10)21-13/h2-3,6-7,9,15H,4-5,8H2,1H3/t9-/m0/s1. The molecular weight excluding hydrogens is 290 g/mol. The van der Waals surface area contributed by atoms with Crippen LogP contribution in [0, 0.1) is 10.1 Å². The fourth-order valence-electron chi connectivity index (χ4n) is 2.53. The zero-order valence-electron chi connectivity index (χ0n) is 11.5. The number of nitrogens with one attached hydrogen (secondary N) is 1. The van der Waals surface area contributed by atoms with Gasteiger partial charge in [-0.2, -0.15) is 0 Å². The Kier molecular flexibility index (Phi) is 3.60. The maximum atomic E-state index is 12.6. The number of nitrogens with zero attached hydrogens (tertiary/aromatic N) is 2. The monoisotopic (exact) mass is 305 g/mol.